The number of amides is 3. The minimum atomic E-state index is -0.262. The molecule has 1 aliphatic heterocycles. The van der Waals surface area contributed by atoms with E-state index in [9.17, 15) is 14.4 Å². The number of carbonyl (C=O) groups excluding carboxylic acids is 2. The molecule has 0 radical (unpaired) electrons. The number of likely N-dealkylation sites (tertiary alicyclic amines) is 1. The topological polar surface area (TPSA) is 83.4 Å². The molecule has 0 unspecified atom stereocenters. The van der Waals surface area contributed by atoms with Gasteiger partial charge in [0.25, 0.3) is 11.5 Å². The SMILES string of the molecule is Cn1ccc(C(=O)NC2CCN(C(=O)NC(C)(C)C)CC2)cc1=O. The number of aryl methyl sites for hydroxylation is 1. The third-order valence-corrected chi connectivity index (χ3v) is 3.97. The molecule has 1 saturated heterocycles. The van der Waals surface area contributed by atoms with Gasteiger partial charge in [0, 0.05) is 49.5 Å². The van der Waals surface area contributed by atoms with Crippen LogP contribution in [-0.2, 0) is 7.05 Å². The number of hydrogen-bond donors (Lipinski definition) is 2. The molecule has 2 heterocycles. The molecule has 3 amide bonds. The van der Waals surface area contributed by atoms with Gasteiger partial charge in [-0.05, 0) is 39.7 Å². The van der Waals surface area contributed by atoms with Gasteiger partial charge in [-0.15, -0.1) is 0 Å². The van der Waals surface area contributed by atoms with Crippen LogP contribution in [-0.4, -0.2) is 46.1 Å². The van der Waals surface area contributed by atoms with Crippen LogP contribution in [0.4, 0.5) is 4.79 Å². The first-order chi connectivity index (χ1) is 11.2. The van der Waals surface area contributed by atoms with Gasteiger partial charge in [-0.1, -0.05) is 0 Å². The first kappa shape index (κ1) is 18.0. The quantitative estimate of drug-likeness (QED) is 0.849. The van der Waals surface area contributed by atoms with E-state index in [0.29, 0.717) is 31.5 Å². The monoisotopic (exact) mass is 334 g/mol. The number of pyridine rings is 1. The summed E-state index contributed by atoms with van der Waals surface area (Å²) in [7, 11) is 1.64. The Morgan fingerprint density at radius 1 is 1.21 bits per heavy atom. The van der Waals surface area contributed by atoms with E-state index in [2.05, 4.69) is 10.6 Å². The Kier molecular flexibility index (Phi) is 5.31. The lowest BCUT2D eigenvalue weighted by atomic mass is 10.0. The van der Waals surface area contributed by atoms with E-state index in [4.69, 9.17) is 0 Å². The summed E-state index contributed by atoms with van der Waals surface area (Å²) in [6, 6.07) is 2.91. The molecule has 7 nitrogen and oxygen atoms in total. The fraction of sp³-hybridized carbons (Fsp3) is 0.588. The Labute approximate surface area is 142 Å². The maximum Gasteiger partial charge on any atom is 0.317 e. The zero-order valence-electron chi connectivity index (χ0n) is 14.8. The van der Waals surface area contributed by atoms with Crippen LogP contribution < -0.4 is 16.2 Å². The van der Waals surface area contributed by atoms with Crippen LogP contribution in [0.3, 0.4) is 0 Å². The van der Waals surface area contributed by atoms with Crippen molar-refractivity contribution in [3.05, 3.63) is 34.2 Å². The normalized spacial score (nSPS) is 15.9. The van der Waals surface area contributed by atoms with Crippen LogP contribution in [0.15, 0.2) is 23.1 Å². The van der Waals surface area contributed by atoms with Gasteiger partial charge in [0.05, 0.1) is 0 Å². The molecule has 2 N–H and O–H groups in total. The summed E-state index contributed by atoms with van der Waals surface area (Å²) >= 11 is 0. The molecule has 24 heavy (non-hydrogen) atoms. The number of nitrogens with one attached hydrogen (secondary N) is 2. The van der Waals surface area contributed by atoms with Crippen LogP contribution in [0.25, 0.3) is 0 Å². The van der Waals surface area contributed by atoms with Crippen molar-refractivity contribution >= 4 is 11.9 Å². The van der Waals surface area contributed by atoms with Crippen LogP contribution >= 0.6 is 0 Å². The average Bonchev–Trinajstić information content (AvgIpc) is 2.49. The number of carbonyl (C=O) groups is 2. The Bertz CT molecular complexity index is 667. The molecule has 7 heteroatoms. The highest BCUT2D eigenvalue weighted by Crippen LogP contribution is 2.12. The van der Waals surface area contributed by atoms with E-state index in [-0.39, 0.29) is 29.1 Å². The number of piperidine rings is 1. The van der Waals surface area contributed by atoms with E-state index in [1.165, 1.54) is 10.6 Å². The smallest absolute Gasteiger partial charge is 0.317 e. The minimum Gasteiger partial charge on any atom is -0.349 e. The van der Waals surface area contributed by atoms with Gasteiger partial charge in [0.15, 0.2) is 0 Å². The van der Waals surface area contributed by atoms with Gasteiger partial charge in [0.2, 0.25) is 0 Å². The highest BCUT2D eigenvalue weighted by atomic mass is 16.2. The summed E-state index contributed by atoms with van der Waals surface area (Å²) in [5.41, 5.74) is -0.107. The second-order valence-electron chi connectivity index (χ2n) is 7.28. The molecule has 2 rings (SSSR count). The summed E-state index contributed by atoms with van der Waals surface area (Å²) in [5.74, 6) is -0.245. The number of nitrogens with zero attached hydrogens (tertiary/aromatic N) is 2. The summed E-state index contributed by atoms with van der Waals surface area (Å²) in [5, 5.41) is 5.89. The second kappa shape index (κ2) is 7.07. The van der Waals surface area contributed by atoms with Crippen LogP contribution in [0.1, 0.15) is 44.0 Å². The van der Waals surface area contributed by atoms with Gasteiger partial charge in [0.1, 0.15) is 0 Å². The second-order valence-corrected chi connectivity index (χ2v) is 7.28. The molecular weight excluding hydrogens is 308 g/mol. The van der Waals surface area contributed by atoms with Gasteiger partial charge in [-0.25, -0.2) is 4.79 Å². The number of hydrogen-bond acceptors (Lipinski definition) is 3. The van der Waals surface area contributed by atoms with Gasteiger partial charge >= 0.3 is 6.03 Å². The van der Waals surface area contributed by atoms with Crippen molar-refractivity contribution in [2.75, 3.05) is 13.1 Å². The summed E-state index contributed by atoms with van der Waals surface area (Å²) in [6.07, 6.45) is 2.99. The molecule has 0 aromatic carbocycles. The molecule has 0 aliphatic carbocycles. The third kappa shape index (κ3) is 4.84. The van der Waals surface area contributed by atoms with Crippen LogP contribution in [0, 0.1) is 0 Å². The highest BCUT2D eigenvalue weighted by Gasteiger charge is 2.26. The van der Waals surface area contributed by atoms with Crippen LogP contribution in [0.2, 0.25) is 0 Å². The lowest BCUT2D eigenvalue weighted by Gasteiger charge is -2.34. The van der Waals surface area contributed by atoms with Crippen molar-refractivity contribution in [2.45, 2.75) is 45.2 Å². The molecular formula is C17H26N4O3. The predicted molar refractivity (Wildman–Crippen MR) is 92.0 cm³/mol. The zero-order chi connectivity index (χ0) is 17.9. The summed E-state index contributed by atoms with van der Waals surface area (Å²) in [4.78, 5) is 37.7. The highest BCUT2D eigenvalue weighted by molar-refractivity contribution is 5.94. The van der Waals surface area contributed by atoms with E-state index in [1.54, 1.807) is 24.2 Å². The fourth-order valence-corrected chi connectivity index (χ4v) is 2.59. The number of rotatable bonds is 2. The van der Waals surface area contributed by atoms with E-state index in [1.807, 2.05) is 20.8 Å². The summed E-state index contributed by atoms with van der Waals surface area (Å²) < 4.78 is 1.42. The van der Waals surface area contributed by atoms with Crippen molar-refractivity contribution in [2.24, 2.45) is 7.05 Å². The van der Waals surface area contributed by atoms with E-state index < -0.39 is 0 Å². The van der Waals surface area contributed by atoms with Gasteiger partial charge in [-0.3, -0.25) is 9.59 Å². The standard InChI is InChI=1S/C17H26N4O3/c1-17(2,3)19-16(24)21-9-6-13(7-10-21)18-15(23)12-5-8-20(4)14(22)11-12/h5,8,11,13H,6-7,9-10H2,1-4H3,(H,18,23)(H,19,24). The van der Waals surface area contributed by atoms with E-state index in [0.717, 1.165) is 0 Å². The van der Waals surface area contributed by atoms with Crippen molar-refractivity contribution in [3.8, 4) is 0 Å². The number of aromatic nitrogens is 1. The minimum absolute atomic E-state index is 0.0141. The largest absolute Gasteiger partial charge is 0.349 e. The molecule has 0 bridgehead atoms. The van der Waals surface area contributed by atoms with Gasteiger partial charge in [-0.2, -0.15) is 0 Å². The first-order valence-corrected chi connectivity index (χ1v) is 8.20. The van der Waals surface area contributed by atoms with Crippen molar-refractivity contribution in [3.63, 3.8) is 0 Å². The molecule has 1 aliphatic rings. The van der Waals surface area contributed by atoms with Crippen LogP contribution in [0.5, 0.6) is 0 Å². The average molecular weight is 334 g/mol. The maximum atomic E-state index is 12.2. The fourth-order valence-electron chi connectivity index (χ4n) is 2.59. The van der Waals surface area contributed by atoms with Gasteiger partial charge < -0.3 is 20.1 Å². The Hall–Kier alpha value is -2.31. The molecule has 0 saturated carbocycles. The number of urea groups is 1. The zero-order valence-corrected chi connectivity index (χ0v) is 14.8. The van der Waals surface area contributed by atoms with Crippen molar-refractivity contribution in [1.29, 1.82) is 0 Å². The molecule has 1 fully saturated rings. The van der Waals surface area contributed by atoms with Crippen molar-refractivity contribution < 1.29 is 9.59 Å². The molecule has 1 aromatic rings. The summed E-state index contributed by atoms with van der Waals surface area (Å²) in [6.45, 7) is 7.04. The first-order valence-electron chi connectivity index (χ1n) is 8.20. The van der Waals surface area contributed by atoms with E-state index >= 15 is 0 Å². The maximum absolute atomic E-state index is 12.2. The lowest BCUT2D eigenvalue weighted by molar-refractivity contribution is 0.0917. The predicted octanol–water partition coefficient (Wildman–Crippen LogP) is 1.09. The molecule has 1 aromatic heterocycles. The molecule has 132 valence electrons. The Morgan fingerprint density at radius 2 is 1.83 bits per heavy atom. The molecule has 0 atom stereocenters. The van der Waals surface area contributed by atoms with Crippen molar-refractivity contribution in [1.82, 2.24) is 20.1 Å². The Morgan fingerprint density at radius 3 is 2.38 bits per heavy atom. The lowest BCUT2D eigenvalue weighted by Crippen LogP contribution is -2.53. The third-order valence-electron chi connectivity index (χ3n) is 3.97. The molecule has 0 spiro atoms. The Balaban J connectivity index is 1.86.